The maximum Gasteiger partial charge on any atom is 0.408 e. The van der Waals surface area contributed by atoms with Gasteiger partial charge in [0.15, 0.2) is 0 Å². The number of amides is 2. The zero-order chi connectivity index (χ0) is 18.6. The van der Waals surface area contributed by atoms with Crippen molar-refractivity contribution < 1.29 is 19.1 Å². The van der Waals surface area contributed by atoms with Crippen molar-refractivity contribution in [3.05, 3.63) is 60.2 Å². The van der Waals surface area contributed by atoms with Gasteiger partial charge in [0.2, 0.25) is 0 Å². The predicted molar refractivity (Wildman–Crippen MR) is 98.1 cm³/mol. The highest BCUT2D eigenvalue weighted by molar-refractivity contribution is 6.03. The van der Waals surface area contributed by atoms with Crippen LogP contribution in [0.2, 0.25) is 0 Å². The molecule has 1 atom stereocenters. The van der Waals surface area contributed by atoms with Crippen molar-refractivity contribution in [2.45, 2.75) is 25.5 Å². The molecule has 0 bridgehead atoms. The topological polar surface area (TPSA) is 67.9 Å². The van der Waals surface area contributed by atoms with Crippen LogP contribution < -0.4 is 15.0 Å². The van der Waals surface area contributed by atoms with E-state index in [4.69, 9.17) is 9.47 Å². The monoisotopic (exact) mass is 354 g/mol. The molecule has 0 spiro atoms. The third-order valence-electron chi connectivity index (χ3n) is 4.53. The van der Waals surface area contributed by atoms with Gasteiger partial charge in [-0.2, -0.15) is 0 Å². The fourth-order valence-corrected chi connectivity index (χ4v) is 2.95. The highest BCUT2D eigenvalue weighted by Gasteiger charge is 2.44. The summed E-state index contributed by atoms with van der Waals surface area (Å²) < 4.78 is 10.4. The van der Waals surface area contributed by atoms with E-state index < -0.39 is 11.6 Å². The van der Waals surface area contributed by atoms with Gasteiger partial charge in [0.25, 0.3) is 5.91 Å². The SMILES string of the molecule is COc1ccc(N2CC[C@@](C)(NC(=O)OCc3ccccc3)C2=O)cc1. The van der Waals surface area contributed by atoms with E-state index in [-0.39, 0.29) is 12.5 Å². The summed E-state index contributed by atoms with van der Waals surface area (Å²) in [6.45, 7) is 2.42. The Morgan fingerprint density at radius 3 is 2.50 bits per heavy atom. The molecule has 2 aromatic carbocycles. The van der Waals surface area contributed by atoms with Gasteiger partial charge < -0.3 is 19.7 Å². The Morgan fingerprint density at radius 2 is 1.85 bits per heavy atom. The van der Waals surface area contributed by atoms with Crippen LogP contribution in [0.15, 0.2) is 54.6 Å². The van der Waals surface area contributed by atoms with Gasteiger partial charge in [-0.3, -0.25) is 4.79 Å². The van der Waals surface area contributed by atoms with Gasteiger partial charge in [-0.05, 0) is 43.2 Å². The summed E-state index contributed by atoms with van der Waals surface area (Å²) in [5, 5.41) is 2.72. The summed E-state index contributed by atoms with van der Waals surface area (Å²) in [6.07, 6.45) is -0.0838. The maximum absolute atomic E-state index is 12.8. The lowest BCUT2D eigenvalue weighted by atomic mass is 10.0. The van der Waals surface area contributed by atoms with Crippen molar-refractivity contribution >= 4 is 17.7 Å². The fraction of sp³-hybridized carbons (Fsp3) is 0.300. The molecule has 6 heteroatoms. The zero-order valence-electron chi connectivity index (χ0n) is 14.9. The standard InChI is InChI=1S/C20H22N2O4/c1-20(21-19(24)26-14-15-6-4-3-5-7-15)12-13-22(18(20)23)16-8-10-17(25-2)11-9-16/h3-11H,12-14H2,1-2H3,(H,21,24)/t20-/m1/s1. The summed E-state index contributed by atoms with van der Waals surface area (Å²) in [6, 6.07) is 16.7. The molecule has 6 nitrogen and oxygen atoms in total. The van der Waals surface area contributed by atoms with E-state index >= 15 is 0 Å². The van der Waals surface area contributed by atoms with Gasteiger partial charge in [0.1, 0.15) is 17.9 Å². The number of alkyl carbamates (subject to hydrolysis) is 1. The minimum atomic E-state index is -0.978. The van der Waals surface area contributed by atoms with Gasteiger partial charge in [0.05, 0.1) is 7.11 Å². The third kappa shape index (κ3) is 3.79. The van der Waals surface area contributed by atoms with E-state index in [0.717, 1.165) is 17.0 Å². The Balaban J connectivity index is 1.60. The quantitative estimate of drug-likeness (QED) is 0.896. The molecule has 1 aliphatic heterocycles. The van der Waals surface area contributed by atoms with Gasteiger partial charge >= 0.3 is 6.09 Å². The van der Waals surface area contributed by atoms with Crippen LogP contribution in [0.1, 0.15) is 18.9 Å². The molecular formula is C20H22N2O4. The van der Waals surface area contributed by atoms with Crippen LogP contribution >= 0.6 is 0 Å². The van der Waals surface area contributed by atoms with Crippen molar-refractivity contribution in [1.82, 2.24) is 5.32 Å². The van der Waals surface area contributed by atoms with Crippen molar-refractivity contribution in [3.8, 4) is 5.75 Å². The van der Waals surface area contributed by atoms with Crippen LogP contribution in [-0.2, 0) is 16.1 Å². The second-order valence-corrected chi connectivity index (χ2v) is 6.42. The molecule has 136 valence electrons. The first-order valence-corrected chi connectivity index (χ1v) is 8.47. The molecule has 26 heavy (non-hydrogen) atoms. The summed E-state index contributed by atoms with van der Waals surface area (Å²) in [5.74, 6) is 0.574. The second kappa shape index (κ2) is 7.47. The number of hydrogen-bond donors (Lipinski definition) is 1. The molecule has 1 saturated heterocycles. The molecule has 0 aliphatic carbocycles. The molecule has 2 aromatic rings. The second-order valence-electron chi connectivity index (χ2n) is 6.42. The number of nitrogens with zero attached hydrogens (tertiary/aromatic N) is 1. The molecule has 1 heterocycles. The molecule has 1 N–H and O–H groups in total. The van der Waals surface area contributed by atoms with Gasteiger partial charge in [-0.1, -0.05) is 30.3 Å². The first-order chi connectivity index (χ1) is 12.5. The smallest absolute Gasteiger partial charge is 0.408 e. The summed E-state index contributed by atoms with van der Waals surface area (Å²) in [4.78, 5) is 26.6. The molecule has 2 amide bonds. The summed E-state index contributed by atoms with van der Waals surface area (Å²) >= 11 is 0. The lowest BCUT2D eigenvalue weighted by Crippen LogP contribution is -2.52. The van der Waals surface area contributed by atoms with Crippen molar-refractivity contribution in [3.63, 3.8) is 0 Å². The van der Waals surface area contributed by atoms with Gasteiger partial charge in [0, 0.05) is 12.2 Å². The van der Waals surface area contributed by atoms with Crippen molar-refractivity contribution in [1.29, 1.82) is 0 Å². The van der Waals surface area contributed by atoms with Crippen molar-refractivity contribution in [2.75, 3.05) is 18.6 Å². The molecule has 0 radical (unpaired) electrons. The number of anilines is 1. The Hall–Kier alpha value is -3.02. The Labute approximate surface area is 152 Å². The Morgan fingerprint density at radius 1 is 1.15 bits per heavy atom. The number of nitrogens with one attached hydrogen (secondary N) is 1. The minimum absolute atomic E-state index is 0.153. The predicted octanol–water partition coefficient (Wildman–Crippen LogP) is 3.12. The lowest BCUT2D eigenvalue weighted by molar-refractivity contribution is -0.122. The number of methoxy groups -OCH3 is 1. The zero-order valence-corrected chi connectivity index (χ0v) is 14.9. The number of hydrogen-bond acceptors (Lipinski definition) is 4. The normalized spacial score (nSPS) is 19.3. The van der Waals surface area contributed by atoms with Crippen LogP contribution in [0.25, 0.3) is 0 Å². The number of benzene rings is 2. The Kier molecular flexibility index (Phi) is 5.11. The lowest BCUT2D eigenvalue weighted by Gasteiger charge is -2.24. The van der Waals surface area contributed by atoms with E-state index in [2.05, 4.69) is 5.32 Å². The van der Waals surface area contributed by atoms with Crippen LogP contribution in [0.5, 0.6) is 5.75 Å². The van der Waals surface area contributed by atoms with E-state index in [1.165, 1.54) is 0 Å². The first-order valence-electron chi connectivity index (χ1n) is 8.47. The first kappa shape index (κ1) is 17.8. The van der Waals surface area contributed by atoms with E-state index in [1.807, 2.05) is 42.5 Å². The third-order valence-corrected chi connectivity index (χ3v) is 4.53. The van der Waals surface area contributed by atoms with Gasteiger partial charge in [-0.25, -0.2) is 4.79 Å². The number of rotatable bonds is 5. The molecule has 0 aromatic heterocycles. The van der Waals surface area contributed by atoms with Gasteiger partial charge in [-0.15, -0.1) is 0 Å². The van der Waals surface area contributed by atoms with Crippen LogP contribution in [-0.4, -0.2) is 31.2 Å². The molecular weight excluding hydrogens is 332 g/mol. The molecule has 1 aliphatic rings. The number of carbonyl (C=O) groups is 2. The average molecular weight is 354 g/mol. The van der Waals surface area contributed by atoms with Crippen LogP contribution in [0.3, 0.4) is 0 Å². The highest BCUT2D eigenvalue weighted by atomic mass is 16.5. The summed E-state index contributed by atoms with van der Waals surface area (Å²) in [5.41, 5.74) is 0.692. The average Bonchev–Trinajstić information content (AvgIpc) is 2.96. The molecule has 0 unspecified atom stereocenters. The summed E-state index contributed by atoms with van der Waals surface area (Å²) in [7, 11) is 1.60. The van der Waals surface area contributed by atoms with Crippen molar-refractivity contribution in [2.24, 2.45) is 0 Å². The van der Waals surface area contributed by atoms with E-state index in [9.17, 15) is 9.59 Å². The minimum Gasteiger partial charge on any atom is -0.497 e. The number of ether oxygens (including phenoxy) is 2. The van der Waals surface area contributed by atoms with E-state index in [0.29, 0.717) is 13.0 Å². The Bertz CT molecular complexity index is 776. The fourth-order valence-electron chi connectivity index (χ4n) is 2.95. The molecule has 3 rings (SSSR count). The molecule has 0 saturated carbocycles. The van der Waals surface area contributed by atoms with E-state index in [1.54, 1.807) is 31.1 Å². The number of carbonyl (C=O) groups excluding carboxylic acids is 2. The van der Waals surface area contributed by atoms with Crippen LogP contribution in [0, 0.1) is 0 Å². The van der Waals surface area contributed by atoms with Crippen LogP contribution in [0.4, 0.5) is 10.5 Å². The highest BCUT2D eigenvalue weighted by Crippen LogP contribution is 2.29. The maximum atomic E-state index is 12.8. The largest absolute Gasteiger partial charge is 0.497 e. The molecule has 1 fully saturated rings.